The first-order chi connectivity index (χ1) is 11.3. The van der Waals surface area contributed by atoms with Gasteiger partial charge in [0, 0.05) is 18.7 Å². The van der Waals surface area contributed by atoms with Crippen LogP contribution in [0.1, 0.15) is 24.5 Å². The molecular weight excluding hydrogens is 330 g/mol. The van der Waals surface area contributed by atoms with Gasteiger partial charge in [-0.1, -0.05) is 12.1 Å². The molecule has 0 atom stereocenters. The van der Waals surface area contributed by atoms with Crippen LogP contribution < -0.4 is 10.6 Å². The highest BCUT2D eigenvalue weighted by Crippen LogP contribution is 2.30. The summed E-state index contributed by atoms with van der Waals surface area (Å²) in [5, 5.41) is 12.1. The van der Waals surface area contributed by atoms with Crippen LogP contribution in [-0.2, 0) is 19.3 Å². The first kappa shape index (κ1) is 17.7. The van der Waals surface area contributed by atoms with Gasteiger partial charge in [0.05, 0.1) is 11.8 Å². The largest absolute Gasteiger partial charge is 0.416 e. The van der Waals surface area contributed by atoms with E-state index in [0.29, 0.717) is 24.7 Å². The first-order valence-corrected chi connectivity index (χ1v) is 7.10. The van der Waals surface area contributed by atoms with E-state index in [1.165, 1.54) is 10.9 Å². The van der Waals surface area contributed by atoms with E-state index in [0.717, 1.165) is 6.42 Å². The van der Waals surface area contributed by atoms with Crippen LogP contribution in [0.5, 0.6) is 0 Å². The second kappa shape index (κ2) is 7.28. The lowest BCUT2D eigenvalue weighted by atomic mass is 10.1. The Labute approximate surface area is 134 Å². The van der Waals surface area contributed by atoms with Crippen molar-refractivity contribution in [1.82, 2.24) is 20.3 Å². The minimum absolute atomic E-state index is 0.186. The van der Waals surface area contributed by atoms with E-state index < -0.39 is 30.1 Å². The Morgan fingerprint density at radius 3 is 2.75 bits per heavy atom. The zero-order valence-corrected chi connectivity index (χ0v) is 12.7. The third kappa shape index (κ3) is 4.67. The van der Waals surface area contributed by atoms with Crippen molar-refractivity contribution in [2.75, 3.05) is 5.32 Å². The van der Waals surface area contributed by atoms with Crippen LogP contribution in [0, 0.1) is 5.82 Å². The van der Waals surface area contributed by atoms with Crippen molar-refractivity contribution in [2.24, 2.45) is 0 Å². The molecule has 1 heterocycles. The van der Waals surface area contributed by atoms with Crippen LogP contribution in [0.4, 0.5) is 28.2 Å². The predicted molar refractivity (Wildman–Crippen MR) is 77.6 cm³/mol. The van der Waals surface area contributed by atoms with E-state index in [1.807, 2.05) is 6.92 Å². The van der Waals surface area contributed by atoms with Gasteiger partial charge in [0.2, 0.25) is 0 Å². The van der Waals surface area contributed by atoms with Gasteiger partial charge in [0.25, 0.3) is 0 Å². The van der Waals surface area contributed by atoms with Crippen LogP contribution in [0.2, 0.25) is 0 Å². The smallest absolute Gasteiger partial charge is 0.334 e. The average Bonchev–Trinajstić information content (AvgIpc) is 2.92. The summed E-state index contributed by atoms with van der Waals surface area (Å²) in [6, 6.07) is 1.29. The molecular formula is C14H15F4N5O. The molecule has 0 spiro atoms. The standard InChI is InChI=1S/C14H15F4N5O/c1-2-5-23-8-12(21-22-23)20-13(24)19-7-9-6-10(14(16,17)18)3-4-11(9)15/h3-4,6,8H,2,5,7H2,1H3,(H2,19,20,24). The number of nitrogens with one attached hydrogen (secondary N) is 2. The van der Waals surface area contributed by atoms with Crippen LogP contribution in [0.25, 0.3) is 0 Å². The number of aromatic nitrogens is 3. The van der Waals surface area contributed by atoms with Crippen molar-refractivity contribution in [3.05, 3.63) is 41.3 Å². The van der Waals surface area contributed by atoms with Gasteiger partial charge in [-0.15, -0.1) is 5.10 Å². The van der Waals surface area contributed by atoms with Crippen LogP contribution >= 0.6 is 0 Å². The molecule has 2 N–H and O–H groups in total. The second-order valence-corrected chi connectivity index (χ2v) is 4.98. The SMILES string of the molecule is CCCn1cc(NC(=O)NCc2cc(C(F)(F)F)ccc2F)nn1. The maximum atomic E-state index is 13.6. The Hall–Kier alpha value is -2.65. The van der Waals surface area contributed by atoms with Gasteiger partial charge in [-0.05, 0) is 24.6 Å². The number of carbonyl (C=O) groups excluding carboxylic acids is 1. The minimum atomic E-state index is -4.58. The summed E-state index contributed by atoms with van der Waals surface area (Å²) in [4.78, 5) is 11.7. The Morgan fingerprint density at radius 1 is 1.33 bits per heavy atom. The molecule has 0 aliphatic carbocycles. The van der Waals surface area contributed by atoms with Gasteiger partial charge in [0.15, 0.2) is 5.82 Å². The summed E-state index contributed by atoms with van der Waals surface area (Å²) in [5.74, 6) is -0.650. The molecule has 0 saturated heterocycles. The van der Waals surface area contributed by atoms with Crippen molar-refractivity contribution < 1.29 is 22.4 Å². The molecule has 0 radical (unpaired) electrons. The Kier molecular flexibility index (Phi) is 5.37. The fourth-order valence-electron chi connectivity index (χ4n) is 1.92. The molecule has 6 nitrogen and oxygen atoms in total. The van der Waals surface area contributed by atoms with Crippen LogP contribution in [-0.4, -0.2) is 21.0 Å². The summed E-state index contributed by atoms with van der Waals surface area (Å²) in [5.41, 5.74) is -1.25. The van der Waals surface area contributed by atoms with E-state index in [4.69, 9.17) is 0 Å². The summed E-state index contributed by atoms with van der Waals surface area (Å²) in [6.45, 7) is 2.18. The zero-order chi connectivity index (χ0) is 17.7. The maximum absolute atomic E-state index is 13.6. The minimum Gasteiger partial charge on any atom is -0.334 e. The van der Waals surface area contributed by atoms with Gasteiger partial charge in [0.1, 0.15) is 5.82 Å². The van der Waals surface area contributed by atoms with Crippen molar-refractivity contribution in [3.8, 4) is 0 Å². The van der Waals surface area contributed by atoms with E-state index in [-0.39, 0.29) is 11.4 Å². The monoisotopic (exact) mass is 345 g/mol. The number of amides is 2. The lowest BCUT2D eigenvalue weighted by molar-refractivity contribution is -0.137. The van der Waals surface area contributed by atoms with E-state index in [9.17, 15) is 22.4 Å². The van der Waals surface area contributed by atoms with Gasteiger partial charge in [-0.3, -0.25) is 10.00 Å². The molecule has 1 aromatic heterocycles. The molecule has 0 fully saturated rings. The van der Waals surface area contributed by atoms with E-state index in [1.54, 1.807) is 0 Å². The van der Waals surface area contributed by atoms with Gasteiger partial charge >= 0.3 is 12.2 Å². The first-order valence-electron chi connectivity index (χ1n) is 7.10. The molecule has 2 aromatic rings. The number of aryl methyl sites for hydroxylation is 1. The van der Waals surface area contributed by atoms with E-state index in [2.05, 4.69) is 20.9 Å². The summed E-state index contributed by atoms with van der Waals surface area (Å²) < 4.78 is 52.9. The number of benzene rings is 1. The maximum Gasteiger partial charge on any atom is 0.416 e. The molecule has 2 rings (SSSR count). The fourth-order valence-corrected chi connectivity index (χ4v) is 1.92. The van der Waals surface area contributed by atoms with Gasteiger partial charge in [-0.25, -0.2) is 9.18 Å². The van der Waals surface area contributed by atoms with Crippen molar-refractivity contribution >= 4 is 11.8 Å². The molecule has 10 heteroatoms. The molecule has 24 heavy (non-hydrogen) atoms. The van der Waals surface area contributed by atoms with Crippen LogP contribution in [0.3, 0.4) is 0 Å². The number of halogens is 4. The third-order valence-electron chi connectivity index (χ3n) is 3.05. The van der Waals surface area contributed by atoms with Crippen molar-refractivity contribution in [1.29, 1.82) is 0 Å². The number of hydrogen-bond acceptors (Lipinski definition) is 3. The average molecular weight is 345 g/mol. The lowest BCUT2D eigenvalue weighted by Gasteiger charge is -2.10. The normalized spacial score (nSPS) is 11.4. The Morgan fingerprint density at radius 2 is 2.08 bits per heavy atom. The molecule has 0 aliphatic heterocycles. The number of hydrogen-bond donors (Lipinski definition) is 2. The number of urea groups is 1. The second-order valence-electron chi connectivity index (χ2n) is 4.98. The predicted octanol–water partition coefficient (Wildman–Crippen LogP) is 3.17. The number of nitrogens with zero attached hydrogens (tertiary/aromatic N) is 3. The topological polar surface area (TPSA) is 71.8 Å². The molecule has 0 aliphatic rings. The molecule has 1 aromatic carbocycles. The van der Waals surface area contributed by atoms with Gasteiger partial charge in [-0.2, -0.15) is 13.2 Å². The third-order valence-corrected chi connectivity index (χ3v) is 3.05. The number of alkyl halides is 3. The summed E-state index contributed by atoms with van der Waals surface area (Å²) in [6.07, 6.45) is -2.24. The zero-order valence-electron chi connectivity index (χ0n) is 12.7. The van der Waals surface area contributed by atoms with E-state index >= 15 is 0 Å². The Balaban J connectivity index is 1.96. The Bertz CT molecular complexity index is 713. The van der Waals surface area contributed by atoms with Crippen LogP contribution in [0.15, 0.2) is 24.4 Å². The molecule has 0 unspecified atom stereocenters. The number of rotatable bonds is 5. The van der Waals surface area contributed by atoms with Crippen molar-refractivity contribution in [2.45, 2.75) is 32.6 Å². The quantitative estimate of drug-likeness (QED) is 0.818. The fraction of sp³-hybridized carbons (Fsp3) is 0.357. The highest BCUT2D eigenvalue weighted by atomic mass is 19.4. The van der Waals surface area contributed by atoms with Crippen molar-refractivity contribution in [3.63, 3.8) is 0 Å². The summed E-state index contributed by atoms with van der Waals surface area (Å²) in [7, 11) is 0. The molecule has 0 saturated carbocycles. The number of carbonyl (C=O) groups is 1. The summed E-state index contributed by atoms with van der Waals surface area (Å²) >= 11 is 0. The molecule has 2 amide bonds. The molecule has 0 bridgehead atoms. The lowest BCUT2D eigenvalue weighted by Crippen LogP contribution is -2.28. The van der Waals surface area contributed by atoms with Gasteiger partial charge < -0.3 is 5.32 Å². The number of anilines is 1. The molecule has 130 valence electrons. The highest BCUT2D eigenvalue weighted by molar-refractivity contribution is 5.87. The highest BCUT2D eigenvalue weighted by Gasteiger charge is 2.31.